The summed E-state index contributed by atoms with van der Waals surface area (Å²) in [6.45, 7) is 9.40. The molecule has 0 spiro atoms. The number of esters is 1. The van der Waals surface area contributed by atoms with Crippen molar-refractivity contribution in [3.63, 3.8) is 0 Å². The van der Waals surface area contributed by atoms with Gasteiger partial charge in [-0.15, -0.1) is 5.10 Å². The number of allylic oxidation sites excluding steroid dienone is 3. The quantitative estimate of drug-likeness (QED) is 0.134. The van der Waals surface area contributed by atoms with Gasteiger partial charge in [-0.3, -0.25) is 14.3 Å². The second kappa shape index (κ2) is 20.1. The van der Waals surface area contributed by atoms with E-state index in [1.165, 1.54) is 6.08 Å². The van der Waals surface area contributed by atoms with Gasteiger partial charge in [0.2, 0.25) is 0 Å². The average molecular weight is 752 g/mol. The second-order valence-corrected chi connectivity index (χ2v) is 15.0. The first-order valence-corrected chi connectivity index (χ1v) is 18.8. The number of rotatable bonds is 10. The van der Waals surface area contributed by atoms with Crippen LogP contribution in [0.2, 0.25) is 0 Å². The number of carbonyl (C=O) groups is 2. The number of aromatic nitrogens is 3. The van der Waals surface area contributed by atoms with Crippen LogP contribution < -0.4 is 0 Å². The van der Waals surface area contributed by atoms with Crippen molar-refractivity contribution < 1.29 is 39.1 Å². The van der Waals surface area contributed by atoms with E-state index in [0.717, 1.165) is 11.1 Å². The molecule has 0 amide bonds. The maximum Gasteiger partial charge on any atom is 0.308 e. The summed E-state index contributed by atoms with van der Waals surface area (Å²) in [5, 5.41) is 46.5. The summed E-state index contributed by atoms with van der Waals surface area (Å²) in [6.07, 6.45) is 0.829. The molecule has 3 heterocycles. The Morgan fingerprint density at radius 2 is 1.81 bits per heavy atom. The minimum absolute atomic E-state index is 0.0394. The molecule has 1 aromatic carbocycles. The fourth-order valence-corrected chi connectivity index (χ4v) is 7.43. The van der Waals surface area contributed by atoms with Crippen LogP contribution in [0.25, 0.3) is 21.7 Å². The first-order chi connectivity index (χ1) is 25.7. The predicted molar refractivity (Wildman–Crippen MR) is 201 cm³/mol. The van der Waals surface area contributed by atoms with Gasteiger partial charge in [-0.05, 0) is 64.7 Å². The molecule has 2 unspecified atom stereocenters. The van der Waals surface area contributed by atoms with E-state index in [1.54, 1.807) is 43.6 Å². The molecule has 4 rings (SSSR count). The predicted octanol–water partition coefficient (Wildman–Crippen LogP) is 4.48. The normalized spacial score (nSPS) is 34.8. The third-order valence-corrected chi connectivity index (χ3v) is 10.6. The first-order valence-electron chi connectivity index (χ1n) is 18.8. The van der Waals surface area contributed by atoms with Crippen molar-refractivity contribution in [3.8, 4) is 11.3 Å². The zero-order valence-corrected chi connectivity index (χ0v) is 32.4. The van der Waals surface area contributed by atoms with Gasteiger partial charge in [0.1, 0.15) is 17.9 Å². The van der Waals surface area contributed by atoms with Gasteiger partial charge in [-0.25, -0.2) is 0 Å². The number of hydrogen-bond donors (Lipinski definition) is 3. The van der Waals surface area contributed by atoms with Crippen molar-refractivity contribution >= 4 is 11.8 Å². The molecule has 0 bridgehead atoms. The summed E-state index contributed by atoms with van der Waals surface area (Å²) in [6, 6.07) is 8.96. The van der Waals surface area contributed by atoms with Crippen molar-refractivity contribution in [2.45, 2.75) is 116 Å². The molecule has 0 aliphatic carbocycles. The molecular weight excluding hydrogens is 694 g/mol. The Balaban J connectivity index is 1.74. The highest BCUT2D eigenvalue weighted by atomic mass is 16.7. The Morgan fingerprint density at radius 1 is 1.09 bits per heavy atom. The second-order valence-electron chi connectivity index (χ2n) is 15.0. The Labute approximate surface area is 317 Å². The fourth-order valence-electron chi connectivity index (χ4n) is 7.43. The van der Waals surface area contributed by atoms with Gasteiger partial charge in [0.05, 0.1) is 43.1 Å². The number of azide groups is 1. The Bertz CT molecular complexity index is 1630. The van der Waals surface area contributed by atoms with Crippen molar-refractivity contribution in [3.05, 3.63) is 70.8 Å². The van der Waals surface area contributed by atoms with Gasteiger partial charge in [0.25, 0.3) is 0 Å². The molecule has 1 saturated heterocycles. The maximum absolute atomic E-state index is 13.7. The van der Waals surface area contributed by atoms with Gasteiger partial charge in [-0.2, -0.15) is 0 Å². The number of likely N-dealkylation sites (N-methyl/N-ethyl adjacent to an activating group) is 1. The largest absolute Gasteiger partial charge is 0.462 e. The Hall–Kier alpha value is -3.95. The van der Waals surface area contributed by atoms with Crippen LogP contribution in [-0.4, -0.2) is 117 Å². The fraction of sp³-hybridized carbons (Fsp3) is 0.641. The van der Waals surface area contributed by atoms with Gasteiger partial charge < -0.3 is 34.4 Å². The van der Waals surface area contributed by atoms with Crippen LogP contribution in [0, 0.1) is 23.7 Å². The van der Waals surface area contributed by atoms with Crippen LogP contribution in [0.5, 0.6) is 0 Å². The topological polar surface area (TPSA) is 205 Å². The lowest BCUT2D eigenvalue weighted by atomic mass is 9.79. The molecule has 3 N–H and O–H groups in total. The summed E-state index contributed by atoms with van der Waals surface area (Å²) in [4.78, 5) is 31.7. The van der Waals surface area contributed by atoms with E-state index >= 15 is 0 Å². The van der Waals surface area contributed by atoms with E-state index in [4.69, 9.17) is 19.7 Å². The van der Waals surface area contributed by atoms with Crippen LogP contribution in [0.4, 0.5) is 0 Å². The van der Waals surface area contributed by atoms with E-state index in [9.17, 15) is 24.9 Å². The van der Waals surface area contributed by atoms with Crippen LogP contribution in [0.15, 0.2) is 65.4 Å². The zero-order chi connectivity index (χ0) is 39.5. The lowest BCUT2D eigenvalue weighted by Crippen LogP contribution is -2.63. The molecular formula is C39H57N7O8. The van der Waals surface area contributed by atoms with E-state index in [0.29, 0.717) is 31.5 Å². The zero-order valence-electron chi connectivity index (χ0n) is 32.4. The minimum atomic E-state index is -1.26. The minimum Gasteiger partial charge on any atom is -0.462 e. The number of nitrogens with zero attached hydrogens (tertiary/aromatic N) is 7. The molecule has 1 fully saturated rings. The molecule has 2 aliphatic rings. The average Bonchev–Trinajstić information content (AvgIpc) is 3.62. The van der Waals surface area contributed by atoms with Crippen LogP contribution in [0.1, 0.15) is 60.3 Å². The Kier molecular flexibility index (Phi) is 15.9. The highest BCUT2D eigenvalue weighted by Gasteiger charge is 2.47. The van der Waals surface area contributed by atoms with Crippen molar-refractivity contribution in [1.29, 1.82) is 0 Å². The van der Waals surface area contributed by atoms with Crippen molar-refractivity contribution in [1.82, 2.24) is 19.9 Å². The smallest absolute Gasteiger partial charge is 0.308 e. The molecule has 2 aromatic rings. The highest BCUT2D eigenvalue weighted by Crippen LogP contribution is 2.35. The number of ketones is 1. The first kappa shape index (κ1) is 42.8. The number of aliphatic hydroxyl groups excluding tert-OH is 3. The number of cyclic esters (lactones) is 1. The molecule has 0 saturated carbocycles. The maximum atomic E-state index is 13.7. The van der Waals surface area contributed by atoms with Gasteiger partial charge in [0.15, 0.2) is 12.1 Å². The van der Waals surface area contributed by atoms with Crippen LogP contribution in [-0.2, 0) is 30.3 Å². The highest BCUT2D eigenvalue weighted by molar-refractivity contribution is 5.91. The third kappa shape index (κ3) is 11.3. The molecule has 1 aromatic heterocycles. The SMILES string of the molecule is CC[C@H]1OC(=O)C[C@@H](O)[C@H](C)[C@@H](O[C@@H]2O[C@H](C)[C@@H](O)C(N(C)C)C2O)[C@@H](CCn2cc(-c3ccccc3)nn2)C[C@@H](C)C(=O)/C=C/C(C)=C/[C@@H]1CN=[N+]=[N-]. The number of benzene rings is 1. The van der Waals surface area contributed by atoms with E-state index in [1.807, 2.05) is 63.4 Å². The lowest BCUT2D eigenvalue weighted by molar-refractivity contribution is -0.304. The number of hydrogen-bond acceptors (Lipinski definition) is 12. The van der Waals surface area contributed by atoms with E-state index in [-0.39, 0.29) is 18.7 Å². The number of ether oxygens (including phenoxy) is 3. The number of aryl methyl sites for hydroxylation is 1. The van der Waals surface area contributed by atoms with Gasteiger partial charge >= 0.3 is 5.97 Å². The molecule has 54 heavy (non-hydrogen) atoms. The summed E-state index contributed by atoms with van der Waals surface area (Å²) < 4.78 is 20.4. The summed E-state index contributed by atoms with van der Waals surface area (Å²) >= 11 is 0. The number of aliphatic hydroxyl groups is 3. The summed E-state index contributed by atoms with van der Waals surface area (Å²) in [5.41, 5.74) is 11.4. The lowest BCUT2D eigenvalue weighted by Gasteiger charge is -2.46. The monoisotopic (exact) mass is 751 g/mol. The van der Waals surface area contributed by atoms with Crippen LogP contribution in [0.3, 0.4) is 0 Å². The van der Waals surface area contributed by atoms with Crippen LogP contribution >= 0.6 is 0 Å². The third-order valence-electron chi connectivity index (χ3n) is 10.6. The molecule has 15 heteroatoms. The summed E-state index contributed by atoms with van der Waals surface area (Å²) in [7, 11) is 3.50. The summed E-state index contributed by atoms with van der Waals surface area (Å²) in [5.74, 6) is -2.84. The van der Waals surface area contributed by atoms with Crippen molar-refractivity contribution in [2.75, 3.05) is 20.6 Å². The molecule has 2 aliphatic heterocycles. The van der Waals surface area contributed by atoms with Gasteiger partial charge in [0, 0.05) is 41.3 Å². The standard InChI is InChI=1S/C39H57N7O8/c1-8-33-29(21-41-43-40)18-23(2)14-15-31(47)24(3)19-28(16-17-46-22-30(42-44-46)27-12-10-9-11-13-27)38(25(4)32(48)20-34(49)53-33)54-39-37(51)35(45(6)7)36(50)26(5)52-39/h9-15,18,22,24-26,28-29,32-33,35-39,48,50-51H,8,16-17,19-21H2,1-7H3/b15-14+,23-18+/t24-,25+,26-,28+,29-,32-,33-,35?,36-,37?,38-,39+/m1/s1. The molecule has 296 valence electrons. The van der Waals surface area contributed by atoms with Crippen molar-refractivity contribution in [2.24, 2.45) is 28.8 Å². The van der Waals surface area contributed by atoms with Gasteiger partial charge in [-0.1, -0.05) is 79.2 Å². The molecule has 15 nitrogen and oxygen atoms in total. The van der Waals surface area contributed by atoms with E-state index in [2.05, 4.69) is 20.3 Å². The van der Waals surface area contributed by atoms with E-state index < -0.39 is 78.6 Å². The number of carbonyl (C=O) groups excluding carboxylic acids is 2. The Morgan fingerprint density at radius 3 is 2.48 bits per heavy atom. The molecule has 12 atom stereocenters. The molecule has 0 radical (unpaired) electrons.